The average Bonchev–Trinajstić information content (AvgIpc) is 2.82. The van der Waals surface area contributed by atoms with Crippen LogP contribution in [0.5, 0.6) is 0 Å². The Kier molecular flexibility index (Phi) is 7.35. The molecule has 0 atom stereocenters. The minimum atomic E-state index is -3.57. The summed E-state index contributed by atoms with van der Waals surface area (Å²) in [5, 5.41) is 0.690. The third-order valence-corrected chi connectivity index (χ3v) is 8.56. The quantitative estimate of drug-likeness (QED) is 0.381. The Morgan fingerprint density at radius 1 is 0.912 bits per heavy atom. The Morgan fingerprint density at radius 2 is 1.53 bits per heavy atom. The van der Waals surface area contributed by atoms with Crippen LogP contribution in [-0.4, -0.2) is 59.7 Å². The van der Waals surface area contributed by atoms with E-state index in [1.165, 1.54) is 16.1 Å². The van der Waals surface area contributed by atoms with Gasteiger partial charge in [0.25, 0.3) is 5.91 Å². The molecule has 178 valence electrons. The molecule has 1 aliphatic rings. The van der Waals surface area contributed by atoms with E-state index >= 15 is 0 Å². The van der Waals surface area contributed by atoms with Crippen molar-refractivity contribution in [2.24, 2.45) is 0 Å². The van der Waals surface area contributed by atoms with Gasteiger partial charge in [-0.05, 0) is 50.6 Å². The van der Waals surface area contributed by atoms with Crippen molar-refractivity contribution >= 4 is 27.7 Å². The molecule has 0 saturated carbocycles. The van der Waals surface area contributed by atoms with Gasteiger partial charge in [0, 0.05) is 48.9 Å². The number of sulfonamides is 1. The van der Waals surface area contributed by atoms with Crippen LogP contribution in [0.3, 0.4) is 0 Å². The number of amides is 1. The normalized spacial score (nSPS) is 14.9. The average molecular weight is 497 g/mol. The maximum atomic E-state index is 13.3. The van der Waals surface area contributed by atoms with Crippen molar-refractivity contribution < 1.29 is 13.2 Å². The summed E-state index contributed by atoms with van der Waals surface area (Å²) in [4.78, 5) is 24.3. The maximum absolute atomic E-state index is 13.3. The number of aromatic nitrogens is 2. The topological polar surface area (TPSA) is 83.5 Å². The molecule has 1 amide bonds. The standard InChI is InChI=1S/C25H28N4O3S2/c1-18-8-10-22(11-9-18)34(31,32)29-14-12-28(13-15-29)24(30)23-7-5-4-6-21(23)17-33-25-26-19(2)16-20(3)27-25/h4-11,16H,12-15,17H2,1-3H3. The third-order valence-electron chi connectivity index (χ3n) is 5.75. The zero-order valence-electron chi connectivity index (χ0n) is 19.6. The van der Waals surface area contributed by atoms with Crippen molar-refractivity contribution in [3.63, 3.8) is 0 Å². The van der Waals surface area contributed by atoms with E-state index in [1.807, 2.05) is 51.1 Å². The lowest BCUT2D eigenvalue weighted by Crippen LogP contribution is -2.50. The van der Waals surface area contributed by atoms with Crippen LogP contribution in [0.4, 0.5) is 0 Å². The highest BCUT2D eigenvalue weighted by molar-refractivity contribution is 7.98. The molecular weight excluding hydrogens is 468 g/mol. The second-order valence-corrected chi connectivity index (χ2v) is 11.3. The Morgan fingerprint density at radius 3 is 2.18 bits per heavy atom. The van der Waals surface area contributed by atoms with Gasteiger partial charge in [0.05, 0.1) is 4.90 Å². The molecule has 2 aromatic carbocycles. The van der Waals surface area contributed by atoms with Crippen molar-refractivity contribution in [3.05, 3.63) is 82.7 Å². The van der Waals surface area contributed by atoms with Gasteiger partial charge in [-0.3, -0.25) is 4.79 Å². The van der Waals surface area contributed by atoms with E-state index < -0.39 is 10.0 Å². The lowest BCUT2D eigenvalue weighted by molar-refractivity contribution is 0.0697. The van der Waals surface area contributed by atoms with Crippen LogP contribution in [0, 0.1) is 20.8 Å². The summed E-state index contributed by atoms with van der Waals surface area (Å²) in [7, 11) is -3.57. The summed E-state index contributed by atoms with van der Waals surface area (Å²) < 4.78 is 27.4. The van der Waals surface area contributed by atoms with Gasteiger partial charge in [-0.2, -0.15) is 4.31 Å². The third kappa shape index (κ3) is 5.48. The minimum absolute atomic E-state index is 0.0788. The number of benzene rings is 2. The fourth-order valence-electron chi connectivity index (χ4n) is 3.92. The smallest absolute Gasteiger partial charge is 0.254 e. The van der Waals surface area contributed by atoms with Crippen LogP contribution < -0.4 is 0 Å². The molecule has 1 aliphatic heterocycles. The highest BCUT2D eigenvalue weighted by Gasteiger charge is 2.31. The van der Waals surface area contributed by atoms with E-state index in [-0.39, 0.29) is 23.9 Å². The molecule has 9 heteroatoms. The SMILES string of the molecule is Cc1ccc(S(=O)(=O)N2CCN(C(=O)c3ccccc3CSc3nc(C)cc(C)n3)CC2)cc1. The first kappa shape index (κ1) is 24.4. The van der Waals surface area contributed by atoms with E-state index in [4.69, 9.17) is 0 Å². The molecular formula is C25H28N4O3S2. The first-order valence-corrected chi connectivity index (χ1v) is 13.6. The molecule has 0 spiro atoms. The molecule has 0 radical (unpaired) electrons. The van der Waals surface area contributed by atoms with Gasteiger partial charge >= 0.3 is 0 Å². The molecule has 4 rings (SSSR count). The summed E-state index contributed by atoms with van der Waals surface area (Å²) in [5.41, 5.74) is 4.38. The zero-order chi connectivity index (χ0) is 24.3. The van der Waals surface area contributed by atoms with Crippen LogP contribution in [-0.2, 0) is 15.8 Å². The largest absolute Gasteiger partial charge is 0.336 e. The van der Waals surface area contributed by atoms with Crippen molar-refractivity contribution in [3.8, 4) is 0 Å². The Hall–Kier alpha value is -2.75. The van der Waals surface area contributed by atoms with Crippen molar-refractivity contribution in [1.29, 1.82) is 0 Å². The predicted molar refractivity (Wildman–Crippen MR) is 133 cm³/mol. The number of rotatable bonds is 6. The van der Waals surface area contributed by atoms with Crippen LogP contribution in [0.1, 0.15) is 32.9 Å². The number of carbonyl (C=O) groups is 1. The summed E-state index contributed by atoms with van der Waals surface area (Å²) in [6, 6.07) is 16.3. The highest BCUT2D eigenvalue weighted by atomic mass is 32.2. The monoisotopic (exact) mass is 496 g/mol. The van der Waals surface area contributed by atoms with Gasteiger partial charge in [0.1, 0.15) is 0 Å². The molecule has 0 unspecified atom stereocenters. The van der Waals surface area contributed by atoms with Crippen LogP contribution in [0.25, 0.3) is 0 Å². The molecule has 2 heterocycles. The van der Waals surface area contributed by atoms with Crippen molar-refractivity contribution in [1.82, 2.24) is 19.2 Å². The zero-order valence-corrected chi connectivity index (χ0v) is 21.2. The fourth-order valence-corrected chi connectivity index (χ4v) is 6.29. The molecule has 0 N–H and O–H groups in total. The molecule has 0 aliphatic carbocycles. The molecule has 1 saturated heterocycles. The molecule has 3 aromatic rings. The Balaban J connectivity index is 1.43. The number of nitrogens with zero attached hydrogens (tertiary/aromatic N) is 4. The van der Waals surface area contributed by atoms with E-state index in [1.54, 1.807) is 29.2 Å². The Bertz CT molecular complexity index is 1270. The highest BCUT2D eigenvalue weighted by Crippen LogP contribution is 2.24. The number of carbonyl (C=O) groups excluding carboxylic acids is 1. The van der Waals surface area contributed by atoms with Crippen molar-refractivity contribution in [2.45, 2.75) is 36.6 Å². The maximum Gasteiger partial charge on any atom is 0.254 e. The van der Waals surface area contributed by atoms with Gasteiger partial charge < -0.3 is 4.90 Å². The first-order valence-electron chi connectivity index (χ1n) is 11.1. The number of piperazine rings is 1. The van der Waals surface area contributed by atoms with Crippen molar-refractivity contribution in [2.75, 3.05) is 26.2 Å². The van der Waals surface area contributed by atoms with Gasteiger partial charge in [0.2, 0.25) is 10.0 Å². The molecule has 1 aromatic heterocycles. The number of hydrogen-bond acceptors (Lipinski definition) is 6. The van der Waals surface area contributed by atoms with E-state index in [0.717, 1.165) is 22.5 Å². The van der Waals surface area contributed by atoms with Crippen LogP contribution in [0.2, 0.25) is 0 Å². The fraction of sp³-hybridized carbons (Fsp3) is 0.320. The van der Waals surface area contributed by atoms with Crippen LogP contribution in [0.15, 0.2) is 64.6 Å². The lowest BCUT2D eigenvalue weighted by Gasteiger charge is -2.34. The second kappa shape index (κ2) is 10.2. The number of thioether (sulfide) groups is 1. The Labute approximate surface area is 205 Å². The van der Waals surface area contributed by atoms with Gasteiger partial charge in [-0.1, -0.05) is 47.7 Å². The van der Waals surface area contributed by atoms with E-state index in [9.17, 15) is 13.2 Å². The van der Waals surface area contributed by atoms with Gasteiger partial charge in [-0.25, -0.2) is 18.4 Å². The summed E-state index contributed by atoms with van der Waals surface area (Å²) in [6.07, 6.45) is 0. The van der Waals surface area contributed by atoms with Crippen LogP contribution >= 0.6 is 11.8 Å². The minimum Gasteiger partial charge on any atom is -0.336 e. The molecule has 34 heavy (non-hydrogen) atoms. The number of aryl methyl sites for hydroxylation is 3. The summed E-state index contributed by atoms with van der Waals surface area (Å²) in [6.45, 7) is 7.05. The van der Waals surface area contributed by atoms with E-state index in [0.29, 0.717) is 29.6 Å². The lowest BCUT2D eigenvalue weighted by atomic mass is 10.1. The molecule has 0 bridgehead atoms. The molecule has 1 fully saturated rings. The molecule has 7 nitrogen and oxygen atoms in total. The first-order chi connectivity index (χ1) is 16.2. The summed E-state index contributed by atoms with van der Waals surface area (Å²) in [5.74, 6) is 0.497. The van der Waals surface area contributed by atoms with Gasteiger partial charge in [0.15, 0.2) is 5.16 Å². The summed E-state index contributed by atoms with van der Waals surface area (Å²) >= 11 is 1.50. The second-order valence-electron chi connectivity index (χ2n) is 8.39. The predicted octanol–water partition coefficient (Wildman–Crippen LogP) is 3.84. The van der Waals surface area contributed by atoms with E-state index in [2.05, 4.69) is 9.97 Å². The number of hydrogen-bond donors (Lipinski definition) is 0. The van der Waals surface area contributed by atoms with Gasteiger partial charge in [-0.15, -0.1) is 0 Å².